The molecule has 0 radical (unpaired) electrons. The van der Waals surface area contributed by atoms with Crippen molar-refractivity contribution in [1.82, 2.24) is 10.7 Å². The summed E-state index contributed by atoms with van der Waals surface area (Å²) in [5, 5.41) is 5.71. The Bertz CT molecular complexity index is 793. The molecule has 6 nitrogen and oxygen atoms in total. The Kier molecular flexibility index (Phi) is 5.52. The summed E-state index contributed by atoms with van der Waals surface area (Å²) in [5.41, 5.74) is 1.41. The summed E-state index contributed by atoms with van der Waals surface area (Å²) in [4.78, 5) is 20.7. The van der Waals surface area contributed by atoms with Crippen LogP contribution in [0.5, 0.6) is 0 Å². The van der Waals surface area contributed by atoms with E-state index in [2.05, 4.69) is 25.8 Å². The van der Waals surface area contributed by atoms with Gasteiger partial charge in [-0.1, -0.05) is 12.8 Å². The molecule has 1 fully saturated rings. The molecule has 1 aliphatic heterocycles. The SMILES string of the molecule is O=C(NC(N=C1CC(C(F)(F)F)=NN1)=NC1CCCC1)c1ccc(F)cc1. The molecule has 1 aromatic rings. The Morgan fingerprint density at radius 3 is 2.44 bits per heavy atom. The predicted molar refractivity (Wildman–Crippen MR) is 92.2 cm³/mol. The lowest BCUT2D eigenvalue weighted by Crippen LogP contribution is -2.32. The van der Waals surface area contributed by atoms with Crippen LogP contribution in [0.4, 0.5) is 17.6 Å². The molecule has 2 N–H and O–H groups in total. The highest BCUT2D eigenvalue weighted by atomic mass is 19.4. The van der Waals surface area contributed by atoms with Crippen molar-refractivity contribution in [2.45, 2.75) is 44.3 Å². The van der Waals surface area contributed by atoms with Crippen LogP contribution in [0.1, 0.15) is 42.5 Å². The fourth-order valence-electron chi connectivity index (χ4n) is 2.80. The molecule has 2 aliphatic rings. The number of carbonyl (C=O) groups is 1. The first-order valence-corrected chi connectivity index (χ1v) is 8.43. The number of alkyl halides is 3. The lowest BCUT2D eigenvalue weighted by Gasteiger charge is -2.09. The van der Waals surface area contributed by atoms with Crippen molar-refractivity contribution in [3.05, 3.63) is 35.6 Å². The first-order chi connectivity index (χ1) is 12.8. The Morgan fingerprint density at radius 1 is 1.19 bits per heavy atom. The summed E-state index contributed by atoms with van der Waals surface area (Å²) < 4.78 is 51.1. The van der Waals surface area contributed by atoms with Gasteiger partial charge in [-0.15, -0.1) is 0 Å². The topological polar surface area (TPSA) is 78.2 Å². The van der Waals surface area contributed by atoms with Crippen molar-refractivity contribution in [2.24, 2.45) is 15.1 Å². The number of rotatable bonds is 2. The van der Waals surface area contributed by atoms with Crippen LogP contribution in [0, 0.1) is 5.82 Å². The van der Waals surface area contributed by atoms with Crippen molar-refractivity contribution < 1.29 is 22.4 Å². The molecule has 1 saturated carbocycles. The number of amidine groups is 1. The summed E-state index contributed by atoms with van der Waals surface area (Å²) in [7, 11) is 0. The van der Waals surface area contributed by atoms with E-state index in [1.165, 1.54) is 12.1 Å². The number of halogens is 4. The second kappa shape index (κ2) is 7.85. The van der Waals surface area contributed by atoms with Crippen molar-refractivity contribution in [3.8, 4) is 0 Å². The third-order valence-corrected chi connectivity index (χ3v) is 4.18. The number of benzene rings is 1. The van der Waals surface area contributed by atoms with Crippen molar-refractivity contribution in [1.29, 1.82) is 0 Å². The largest absolute Gasteiger partial charge is 0.431 e. The molecular formula is C17H17F4N5O. The lowest BCUT2D eigenvalue weighted by molar-refractivity contribution is -0.0596. The monoisotopic (exact) mass is 383 g/mol. The fraction of sp³-hybridized carbons (Fsp3) is 0.412. The van der Waals surface area contributed by atoms with Gasteiger partial charge in [0, 0.05) is 5.56 Å². The maximum absolute atomic E-state index is 13.0. The minimum absolute atomic E-state index is 0.0534. The Morgan fingerprint density at radius 2 is 1.85 bits per heavy atom. The lowest BCUT2D eigenvalue weighted by atomic mass is 10.2. The van der Waals surface area contributed by atoms with Gasteiger partial charge < -0.3 is 0 Å². The summed E-state index contributed by atoms with van der Waals surface area (Å²) in [5.74, 6) is -1.21. The molecule has 27 heavy (non-hydrogen) atoms. The van der Waals surface area contributed by atoms with E-state index in [-0.39, 0.29) is 23.4 Å². The number of hydrogen-bond acceptors (Lipinski definition) is 3. The van der Waals surface area contributed by atoms with E-state index in [1.54, 1.807) is 0 Å². The van der Waals surface area contributed by atoms with Crippen LogP contribution in [0.15, 0.2) is 39.4 Å². The number of aliphatic imine (C=N–C) groups is 2. The van der Waals surface area contributed by atoms with Gasteiger partial charge in [0.05, 0.1) is 12.5 Å². The molecule has 0 bridgehead atoms. The van der Waals surface area contributed by atoms with Gasteiger partial charge in [-0.25, -0.2) is 9.38 Å². The summed E-state index contributed by atoms with van der Waals surface area (Å²) in [6, 6.07) is 4.81. The quantitative estimate of drug-likeness (QED) is 0.468. The average Bonchev–Trinajstić information content (AvgIpc) is 3.27. The van der Waals surface area contributed by atoms with Gasteiger partial charge in [-0.3, -0.25) is 15.5 Å². The number of guanidine groups is 1. The van der Waals surface area contributed by atoms with E-state index in [1.807, 2.05) is 0 Å². The van der Waals surface area contributed by atoms with E-state index in [0.717, 1.165) is 37.8 Å². The molecule has 0 aromatic heterocycles. The van der Waals surface area contributed by atoms with Crippen molar-refractivity contribution >= 4 is 23.4 Å². The zero-order chi connectivity index (χ0) is 19.4. The standard InChI is InChI=1S/C17H17F4N5O/c18-11-7-5-10(6-8-11)15(27)24-16(22-12-3-1-2-4-12)23-14-9-13(25-26-14)17(19,20)21/h5-8,12H,1-4,9H2,(H2,22,23,24,26,27). The molecule has 0 atom stereocenters. The summed E-state index contributed by atoms with van der Waals surface area (Å²) >= 11 is 0. The van der Waals surface area contributed by atoms with E-state index in [4.69, 9.17) is 0 Å². The predicted octanol–water partition coefficient (Wildman–Crippen LogP) is 3.16. The molecule has 1 heterocycles. The number of hydrazone groups is 1. The van der Waals surface area contributed by atoms with Crippen molar-refractivity contribution in [2.75, 3.05) is 0 Å². The van der Waals surface area contributed by atoms with Crippen molar-refractivity contribution in [3.63, 3.8) is 0 Å². The third-order valence-electron chi connectivity index (χ3n) is 4.18. The van der Waals surface area contributed by atoms with Crippen LogP contribution in [0.3, 0.4) is 0 Å². The second-order valence-corrected chi connectivity index (χ2v) is 6.26. The third kappa shape index (κ3) is 5.11. The molecule has 3 rings (SSSR count). The molecule has 0 unspecified atom stereocenters. The van der Waals surface area contributed by atoms with E-state index in [0.29, 0.717) is 0 Å². The Balaban J connectivity index is 1.77. The van der Waals surface area contributed by atoms with Crippen LogP contribution in [-0.2, 0) is 0 Å². The van der Waals surface area contributed by atoms with Gasteiger partial charge in [0.15, 0.2) is 0 Å². The average molecular weight is 383 g/mol. The summed E-state index contributed by atoms with van der Waals surface area (Å²) in [6.45, 7) is 0. The first kappa shape index (κ1) is 19.0. The van der Waals surface area contributed by atoms with Crippen LogP contribution < -0.4 is 10.7 Å². The van der Waals surface area contributed by atoms with Crippen LogP contribution in [0.25, 0.3) is 0 Å². The van der Waals surface area contributed by atoms with Gasteiger partial charge in [0.25, 0.3) is 5.91 Å². The fourth-order valence-corrected chi connectivity index (χ4v) is 2.80. The molecule has 0 saturated heterocycles. The normalized spacial score (nSPS) is 19.9. The minimum atomic E-state index is -4.55. The Hall–Kier alpha value is -2.78. The molecule has 144 valence electrons. The number of carbonyl (C=O) groups excluding carboxylic acids is 1. The van der Waals surface area contributed by atoms with Gasteiger partial charge in [-0.05, 0) is 37.1 Å². The van der Waals surface area contributed by atoms with E-state index < -0.39 is 30.0 Å². The summed E-state index contributed by atoms with van der Waals surface area (Å²) in [6.07, 6.45) is -1.46. The maximum Gasteiger partial charge on any atom is 0.431 e. The highest BCUT2D eigenvalue weighted by Crippen LogP contribution is 2.23. The number of nitrogens with one attached hydrogen (secondary N) is 2. The van der Waals surface area contributed by atoms with E-state index >= 15 is 0 Å². The first-order valence-electron chi connectivity index (χ1n) is 8.43. The zero-order valence-electron chi connectivity index (χ0n) is 14.2. The Labute approximate surface area is 152 Å². The second-order valence-electron chi connectivity index (χ2n) is 6.26. The smallest absolute Gasteiger partial charge is 0.291 e. The molecule has 0 spiro atoms. The molecule has 1 amide bonds. The van der Waals surface area contributed by atoms with Gasteiger partial charge >= 0.3 is 6.18 Å². The van der Waals surface area contributed by atoms with Gasteiger partial charge in [0.2, 0.25) is 5.96 Å². The molecule has 1 aromatic carbocycles. The van der Waals surface area contributed by atoms with Crippen LogP contribution >= 0.6 is 0 Å². The number of hydrogen-bond donors (Lipinski definition) is 2. The van der Waals surface area contributed by atoms with Gasteiger partial charge in [0.1, 0.15) is 17.4 Å². The zero-order valence-corrected chi connectivity index (χ0v) is 14.2. The molecular weight excluding hydrogens is 366 g/mol. The molecule has 10 heteroatoms. The highest BCUT2D eigenvalue weighted by Gasteiger charge is 2.39. The maximum atomic E-state index is 13.0. The highest BCUT2D eigenvalue weighted by molar-refractivity contribution is 6.14. The van der Waals surface area contributed by atoms with Crippen LogP contribution in [0.2, 0.25) is 0 Å². The number of nitrogens with zero attached hydrogens (tertiary/aromatic N) is 3. The minimum Gasteiger partial charge on any atom is -0.291 e. The van der Waals surface area contributed by atoms with Crippen LogP contribution in [-0.4, -0.2) is 35.6 Å². The number of amides is 1. The van der Waals surface area contributed by atoms with E-state index in [9.17, 15) is 22.4 Å². The molecule has 1 aliphatic carbocycles. The van der Waals surface area contributed by atoms with Gasteiger partial charge in [-0.2, -0.15) is 23.3 Å².